The molecule has 15 heavy (non-hydrogen) atoms. The summed E-state index contributed by atoms with van der Waals surface area (Å²) in [4.78, 5) is 11.5. The number of aryl methyl sites for hydroxylation is 1. The molecule has 1 aromatic carbocycles. The fourth-order valence-electron chi connectivity index (χ4n) is 1.16. The molecule has 1 amide bonds. The molecule has 1 rings (SSSR count). The number of nitrogens with one attached hydrogen (secondary N) is 1. The van der Waals surface area contributed by atoms with Gasteiger partial charge >= 0.3 is 0 Å². The molecule has 3 N–H and O–H groups in total. The minimum absolute atomic E-state index is 0.0654. The Morgan fingerprint density at radius 2 is 2.27 bits per heavy atom. The van der Waals surface area contributed by atoms with E-state index in [0.717, 1.165) is 5.56 Å². The van der Waals surface area contributed by atoms with Crippen molar-refractivity contribution in [2.45, 2.75) is 19.9 Å². The molecule has 4 heteroatoms. The predicted molar refractivity (Wildman–Crippen MR) is 57.1 cm³/mol. The maximum Gasteiger partial charge on any atom is 0.254 e. The van der Waals surface area contributed by atoms with Gasteiger partial charge in [0.05, 0.1) is 5.56 Å². The first kappa shape index (κ1) is 11.7. The van der Waals surface area contributed by atoms with E-state index in [-0.39, 0.29) is 11.6 Å². The van der Waals surface area contributed by atoms with Crippen LogP contribution in [0.5, 0.6) is 0 Å². The highest BCUT2D eigenvalue weighted by molar-refractivity contribution is 5.94. The van der Waals surface area contributed by atoms with Gasteiger partial charge in [-0.1, -0.05) is 11.6 Å². The Morgan fingerprint density at radius 3 is 2.87 bits per heavy atom. The number of carbonyl (C=O) groups is 1. The van der Waals surface area contributed by atoms with Gasteiger partial charge in [-0.25, -0.2) is 4.39 Å². The van der Waals surface area contributed by atoms with Crippen molar-refractivity contribution in [3.05, 3.63) is 35.1 Å². The molecule has 0 heterocycles. The third-order valence-electron chi connectivity index (χ3n) is 1.95. The first-order valence-corrected chi connectivity index (χ1v) is 4.80. The van der Waals surface area contributed by atoms with Gasteiger partial charge in [-0.15, -0.1) is 0 Å². The highest BCUT2D eigenvalue weighted by Crippen LogP contribution is 2.09. The molecule has 1 aromatic rings. The van der Waals surface area contributed by atoms with Crippen LogP contribution >= 0.6 is 0 Å². The van der Waals surface area contributed by atoms with E-state index in [9.17, 15) is 9.18 Å². The SMILES string of the molecule is Cc1ccc(F)c(C(=O)NCC(C)N)c1. The molecule has 0 aliphatic rings. The van der Waals surface area contributed by atoms with E-state index in [1.807, 2.05) is 6.92 Å². The van der Waals surface area contributed by atoms with Crippen LogP contribution in [0.1, 0.15) is 22.8 Å². The third kappa shape index (κ3) is 3.32. The maximum atomic E-state index is 13.3. The van der Waals surface area contributed by atoms with Crippen LogP contribution in [-0.2, 0) is 0 Å². The van der Waals surface area contributed by atoms with Crippen LogP contribution in [0, 0.1) is 12.7 Å². The fraction of sp³-hybridized carbons (Fsp3) is 0.364. The molecule has 0 saturated carbocycles. The van der Waals surface area contributed by atoms with Gasteiger partial charge in [-0.05, 0) is 26.0 Å². The summed E-state index contributed by atoms with van der Waals surface area (Å²) in [6.07, 6.45) is 0. The summed E-state index contributed by atoms with van der Waals surface area (Å²) in [5, 5.41) is 2.56. The second kappa shape index (κ2) is 4.89. The van der Waals surface area contributed by atoms with Gasteiger partial charge in [-0.2, -0.15) is 0 Å². The molecule has 0 spiro atoms. The number of hydrogen-bond acceptors (Lipinski definition) is 2. The van der Waals surface area contributed by atoms with E-state index in [1.165, 1.54) is 12.1 Å². The Labute approximate surface area is 88.5 Å². The molecular formula is C11H15FN2O. The van der Waals surface area contributed by atoms with Crippen molar-refractivity contribution in [2.75, 3.05) is 6.54 Å². The quantitative estimate of drug-likeness (QED) is 0.788. The topological polar surface area (TPSA) is 55.1 Å². The van der Waals surface area contributed by atoms with Gasteiger partial charge in [0.15, 0.2) is 0 Å². The van der Waals surface area contributed by atoms with Crippen molar-refractivity contribution >= 4 is 5.91 Å². The molecule has 1 unspecified atom stereocenters. The van der Waals surface area contributed by atoms with E-state index in [2.05, 4.69) is 5.32 Å². The van der Waals surface area contributed by atoms with E-state index in [0.29, 0.717) is 6.54 Å². The maximum absolute atomic E-state index is 13.3. The summed E-state index contributed by atoms with van der Waals surface area (Å²) >= 11 is 0. The zero-order valence-corrected chi connectivity index (χ0v) is 8.88. The minimum atomic E-state index is -0.511. The molecule has 0 fully saturated rings. The number of nitrogens with two attached hydrogens (primary N) is 1. The van der Waals surface area contributed by atoms with E-state index in [4.69, 9.17) is 5.73 Å². The highest BCUT2D eigenvalue weighted by atomic mass is 19.1. The van der Waals surface area contributed by atoms with Crippen LogP contribution in [0.4, 0.5) is 4.39 Å². The third-order valence-corrected chi connectivity index (χ3v) is 1.95. The van der Waals surface area contributed by atoms with Gasteiger partial charge in [0.25, 0.3) is 5.91 Å². The Balaban J connectivity index is 2.77. The Kier molecular flexibility index (Phi) is 3.80. The average Bonchev–Trinajstić information content (AvgIpc) is 2.18. The van der Waals surface area contributed by atoms with Gasteiger partial charge in [-0.3, -0.25) is 4.79 Å². The van der Waals surface area contributed by atoms with Crippen molar-refractivity contribution in [3.63, 3.8) is 0 Å². The molecule has 0 aliphatic carbocycles. The number of amides is 1. The van der Waals surface area contributed by atoms with E-state index in [1.54, 1.807) is 13.0 Å². The van der Waals surface area contributed by atoms with Crippen molar-refractivity contribution in [2.24, 2.45) is 5.73 Å². The summed E-state index contributed by atoms with van der Waals surface area (Å²) in [7, 11) is 0. The van der Waals surface area contributed by atoms with Crippen molar-refractivity contribution in [1.82, 2.24) is 5.32 Å². The summed E-state index contributed by atoms with van der Waals surface area (Å²) in [5.74, 6) is -0.934. The first-order valence-electron chi connectivity index (χ1n) is 4.80. The van der Waals surface area contributed by atoms with E-state index >= 15 is 0 Å². The number of benzene rings is 1. The van der Waals surface area contributed by atoms with Crippen LogP contribution in [0.2, 0.25) is 0 Å². The first-order chi connectivity index (χ1) is 7.00. The summed E-state index contributed by atoms with van der Waals surface area (Å²) in [6, 6.07) is 4.29. The van der Waals surface area contributed by atoms with Crippen LogP contribution < -0.4 is 11.1 Å². The summed E-state index contributed by atoms with van der Waals surface area (Å²) in [5.41, 5.74) is 6.39. The number of halogens is 1. The van der Waals surface area contributed by atoms with Crippen molar-refractivity contribution in [1.29, 1.82) is 0 Å². The van der Waals surface area contributed by atoms with Gasteiger partial charge < -0.3 is 11.1 Å². The molecule has 3 nitrogen and oxygen atoms in total. The normalized spacial score (nSPS) is 12.3. The van der Waals surface area contributed by atoms with Crippen molar-refractivity contribution in [3.8, 4) is 0 Å². The average molecular weight is 210 g/mol. The molecule has 82 valence electrons. The lowest BCUT2D eigenvalue weighted by atomic mass is 10.1. The number of hydrogen-bond donors (Lipinski definition) is 2. The van der Waals surface area contributed by atoms with Crippen molar-refractivity contribution < 1.29 is 9.18 Å². The molecule has 1 atom stereocenters. The lowest BCUT2D eigenvalue weighted by molar-refractivity contribution is 0.0947. The molecule has 0 aliphatic heterocycles. The monoisotopic (exact) mass is 210 g/mol. The lowest BCUT2D eigenvalue weighted by Gasteiger charge is -2.08. The molecular weight excluding hydrogens is 195 g/mol. The molecule has 0 bridgehead atoms. The summed E-state index contributed by atoms with van der Waals surface area (Å²) in [6.45, 7) is 3.92. The minimum Gasteiger partial charge on any atom is -0.350 e. The second-order valence-corrected chi connectivity index (χ2v) is 3.67. The van der Waals surface area contributed by atoms with Crippen LogP contribution in [0.15, 0.2) is 18.2 Å². The highest BCUT2D eigenvalue weighted by Gasteiger charge is 2.11. The van der Waals surface area contributed by atoms with Crippen LogP contribution in [0.3, 0.4) is 0 Å². The predicted octanol–water partition coefficient (Wildman–Crippen LogP) is 1.21. The molecule has 0 radical (unpaired) electrons. The largest absolute Gasteiger partial charge is 0.350 e. The number of carbonyl (C=O) groups excluding carboxylic acids is 1. The van der Waals surface area contributed by atoms with Crippen LogP contribution in [-0.4, -0.2) is 18.5 Å². The van der Waals surface area contributed by atoms with E-state index < -0.39 is 11.7 Å². The Bertz CT molecular complexity index is 364. The smallest absolute Gasteiger partial charge is 0.254 e. The second-order valence-electron chi connectivity index (χ2n) is 3.67. The Hall–Kier alpha value is -1.42. The zero-order chi connectivity index (χ0) is 11.4. The molecule has 0 aromatic heterocycles. The Morgan fingerprint density at radius 1 is 1.60 bits per heavy atom. The lowest BCUT2D eigenvalue weighted by Crippen LogP contribution is -2.35. The standard InChI is InChI=1S/C11H15FN2O/c1-7-3-4-10(12)9(5-7)11(15)14-6-8(2)13/h3-5,8H,6,13H2,1-2H3,(H,14,15). The summed E-state index contributed by atoms with van der Waals surface area (Å²) < 4.78 is 13.3. The van der Waals surface area contributed by atoms with Gasteiger partial charge in [0, 0.05) is 12.6 Å². The van der Waals surface area contributed by atoms with Gasteiger partial charge in [0.2, 0.25) is 0 Å². The number of rotatable bonds is 3. The molecule has 0 saturated heterocycles. The van der Waals surface area contributed by atoms with Gasteiger partial charge in [0.1, 0.15) is 5.82 Å². The fourth-order valence-corrected chi connectivity index (χ4v) is 1.16. The zero-order valence-electron chi connectivity index (χ0n) is 8.88. The van der Waals surface area contributed by atoms with Crippen LogP contribution in [0.25, 0.3) is 0 Å².